The minimum atomic E-state index is -0.992. The number of ether oxygens (including phenoxy) is 3. The van der Waals surface area contributed by atoms with Gasteiger partial charge in [-0.2, -0.15) is 0 Å². The van der Waals surface area contributed by atoms with E-state index in [2.05, 4.69) is 15.3 Å². The number of nitrogens with one attached hydrogen (secondary N) is 1. The van der Waals surface area contributed by atoms with E-state index in [-0.39, 0.29) is 18.1 Å². The van der Waals surface area contributed by atoms with Gasteiger partial charge in [-0.3, -0.25) is 4.79 Å². The van der Waals surface area contributed by atoms with Crippen LogP contribution in [0.25, 0.3) is 0 Å². The Morgan fingerprint density at radius 2 is 1.69 bits per heavy atom. The summed E-state index contributed by atoms with van der Waals surface area (Å²) in [6, 6.07) is 7.05. The van der Waals surface area contributed by atoms with Gasteiger partial charge in [0.15, 0.2) is 5.60 Å². The number of methoxy groups -OCH3 is 1. The van der Waals surface area contributed by atoms with Crippen LogP contribution in [0.2, 0.25) is 5.02 Å². The third-order valence-corrected chi connectivity index (χ3v) is 5.10. The number of rotatable bonds is 7. The van der Waals surface area contributed by atoms with E-state index in [0.717, 1.165) is 25.7 Å². The summed E-state index contributed by atoms with van der Waals surface area (Å²) in [5.41, 5.74) is -0.992. The molecule has 0 radical (unpaired) electrons. The molecule has 1 fully saturated rings. The minimum absolute atomic E-state index is 0.0204. The monoisotopic (exact) mass is 419 g/mol. The number of aromatic nitrogens is 2. The van der Waals surface area contributed by atoms with Gasteiger partial charge < -0.3 is 19.5 Å². The number of benzene rings is 1. The van der Waals surface area contributed by atoms with Gasteiger partial charge in [-0.25, -0.2) is 9.97 Å². The highest BCUT2D eigenvalue weighted by molar-refractivity contribution is 6.30. The van der Waals surface area contributed by atoms with E-state index >= 15 is 0 Å². The van der Waals surface area contributed by atoms with Gasteiger partial charge in [-0.05, 0) is 63.8 Å². The summed E-state index contributed by atoms with van der Waals surface area (Å²) in [6.07, 6.45) is 6.41. The third kappa shape index (κ3) is 5.73. The standard InChI is InChI=1S/C21H26ClN3O4/c1-21(2,29-17-8-4-14(22)5-9-17)20(26)25-15-6-10-16(11-7-15)28-19-18(27-3)23-12-13-24-19/h4-5,8-9,12-13,15-16H,6-7,10-11H2,1-3H3,(H,25,26). The molecule has 0 saturated heterocycles. The molecule has 1 aromatic carbocycles. The quantitative estimate of drug-likeness (QED) is 0.734. The number of nitrogens with zero attached hydrogens (tertiary/aromatic N) is 2. The molecule has 1 aromatic heterocycles. The molecular formula is C21H26ClN3O4. The summed E-state index contributed by atoms with van der Waals surface area (Å²) in [6.45, 7) is 3.51. The lowest BCUT2D eigenvalue weighted by Crippen LogP contribution is -2.51. The maximum atomic E-state index is 12.7. The van der Waals surface area contributed by atoms with Crippen molar-refractivity contribution in [3.8, 4) is 17.5 Å². The van der Waals surface area contributed by atoms with Gasteiger partial charge in [0.2, 0.25) is 0 Å². The molecule has 3 rings (SSSR count). The van der Waals surface area contributed by atoms with Crippen molar-refractivity contribution < 1.29 is 19.0 Å². The fraction of sp³-hybridized carbons (Fsp3) is 0.476. The van der Waals surface area contributed by atoms with Crippen LogP contribution in [0.15, 0.2) is 36.7 Å². The Balaban J connectivity index is 1.49. The number of carbonyl (C=O) groups excluding carboxylic acids is 1. The molecule has 1 aliphatic rings. The Morgan fingerprint density at radius 1 is 1.07 bits per heavy atom. The predicted octanol–water partition coefficient (Wildman–Crippen LogP) is 3.80. The number of carbonyl (C=O) groups is 1. The summed E-state index contributed by atoms with van der Waals surface area (Å²) in [5, 5.41) is 3.72. The largest absolute Gasteiger partial charge is 0.478 e. The zero-order chi connectivity index (χ0) is 20.9. The Bertz CT molecular complexity index is 821. The number of amides is 1. The Morgan fingerprint density at radius 3 is 2.31 bits per heavy atom. The lowest BCUT2D eigenvalue weighted by molar-refractivity contribution is -0.135. The van der Waals surface area contributed by atoms with Crippen LogP contribution in [0, 0.1) is 0 Å². The van der Waals surface area contributed by atoms with E-state index in [1.807, 2.05) is 0 Å². The third-order valence-electron chi connectivity index (χ3n) is 4.85. The molecule has 1 saturated carbocycles. The summed E-state index contributed by atoms with van der Waals surface area (Å²) in [7, 11) is 1.54. The van der Waals surface area contributed by atoms with Gasteiger partial charge in [0, 0.05) is 23.5 Å². The van der Waals surface area contributed by atoms with Crippen LogP contribution in [-0.2, 0) is 4.79 Å². The van der Waals surface area contributed by atoms with E-state index in [9.17, 15) is 4.79 Å². The van der Waals surface area contributed by atoms with E-state index in [1.165, 1.54) is 7.11 Å². The van der Waals surface area contributed by atoms with Gasteiger partial charge >= 0.3 is 0 Å². The predicted molar refractivity (Wildman–Crippen MR) is 110 cm³/mol. The molecule has 0 unspecified atom stereocenters. The average molecular weight is 420 g/mol. The topological polar surface area (TPSA) is 82.6 Å². The molecule has 1 heterocycles. The van der Waals surface area contributed by atoms with Crippen molar-refractivity contribution in [3.05, 3.63) is 41.7 Å². The summed E-state index contributed by atoms with van der Waals surface area (Å²) >= 11 is 5.89. The number of halogens is 1. The van der Waals surface area contributed by atoms with E-state index < -0.39 is 5.60 Å². The number of hydrogen-bond donors (Lipinski definition) is 1. The Labute approximate surface area is 175 Å². The van der Waals surface area contributed by atoms with Crippen molar-refractivity contribution in [2.45, 2.75) is 57.3 Å². The van der Waals surface area contributed by atoms with Crippen molar-refractivity contribution in [2.24, 2.45) is 0 Å². The second-order valence-corrected chi connectivity index (χ2v) is 7.94. The summed E-state index contributed by atoms with van der Waals surface area (Å²) in [4.78, 5) is 21.0. The van der Waals surface area contributed by atoms with Crippen molar-refractivity contribution >= 4 is 17.5 Å². The molecule has 1 amide bonds. The highest BCUT2D eigenvalue weighted by Crippen LogP contribution is 2.28. The zero-order valence-corrected chi connectivity index (χ0v) is 17.6. The minimum Gasteiger partial charge on any atom is -0.478 e. The fourth-order valence-corrected chi connectivity index (χ4v) is 3.35. The molecule has 156 valence electrons. The molecule has 2 aromatic rings. The van der Waals surface area contributed by atoms with Gasteiger partial charge in [-0.1, -0.05) is 11.6 Å². The molecule has 0 bridgehead atoms. The highest BCUT2D eigenvalue weighted by Gasteiger charge is 2.33. The zero-order valence-electron chi connectivity index (χ0n) is 16.9. The molecule has 29 heavy (non-hydrogen) atoms. The SMILES string of the molecule is COc1nccnc1OC1CCC(NC(=O)C(C)(C)Oc2ccc(Cl)cc2)CC1. The van der Waals surface area contributed by atoms with Crippen LogP contribution in [0.4, 0.5) is 0 Å². The second kappa shape index (κ2) is 9.31. The lowest BCUT2D eigenvalue weighted by atomic mass is 9.92. The first-order chi connectivity index (χ1) is 13.9. The van der Waals surface area contributed by atoms with E-state index in [1.54, 1.807) is 50.5 Å². The van der Waals surface area contributed by atoms with Gasteiger partial charge in [0.05, 0.1) is 7.11 Å². The molecule has 0 aliphatic heterocycles. The molecule has 0 spiro atoms. The van der Waals surface area contributed by atoms with Crippen LogP contribution in [-0.4, -0.2) is 40.7 Å². The van der Waals surface area contributed by atoms with Crippen LogP contribution >= 0.6 is 11.6 Å². The van der Waals surface area contributed by atoms with Crippen molar-refractivity contribution in [1.82, 2.24) is 15.3 Å². The van der Waals surface area contributed by atoms with E-state index in [0.29, 0.717) is 22.5 Å². The van der Waals surface area contributed by atoms with Crippen LogP contribution in [0.5, 0.6) is 17.5 Å². The smallest absolute Gasteiger partial charge is 0.278 e. The van der Waals surface area contributed by atoms with Crippen molar-refractivity contribution in [3.63, 3.8) is 0 Å². The fourth-order valence-electron chi connectivity index (χ4n) is 3.22. The average Bonchev–Trinajstić information content (AvgIpc) is 2.71. The molecule has 7 nitrogen and oxygen atoms in total. The van der Waals surface area contributed by atoms with Crippen LogP contribution in [0.1, 0.15) is 39.5 Å². The molecule has 0 atom stereocenters. The first kappa shape index (κ1) is 21.2. The summed E-state index contributed by atoms with van der Waals surface area (Å²) in [5.74, 6) is 1.24. The highest BCUT2D eigenvalue weighted by atomic mass is 35.5. The van der Waals surface area contributed by atoms with Crippen LogP contribution < -0.4 is 19.5 Å². The van der Waals surface area contributed by atoms with Gasteiger partial charge in [0.1, 0.15) is 11.9 Å². The first-order valence-electron chi connectivity index (χ1n) is 9.64. The Kier molecular flexibility index (Phi) is 6.79. The Hall–Kier alpha value is -2.54. The van der Waals surface area contributed by atoms with Crippen molar-refractivity contribution in [2.75, 3.05) is 7.11 Å². The molecule has 1 N–H and O–H groups in total. The first-order valence-corrected chi connectivity index (χ1v) is 10.0. The molecular weight excluding hydrogens is 394 g/mol. The van der Waals surface area contributed by atoms with Crippen LogP contribution in [0.3, 0.4) is 0 Å². The lowest BCUT2D eigenvalue weighted by Gasteiger charge is -2.32. The maximum absolute atomic E-state index is 12.7. The molecule has 8 heteroatoms. The number of hydrogen-bond acceptors (Lipinski definition) is 6. The summed E-state index contributed by atoms with van der Waals surface area (Å²) < 4.78 is 17.0. The van der Waals surface area contributed by atoms with E-state index in [4.69, 9.17) is 25.8 Å². The second-order valence-electron chi connectivity index (χ2n) is 7.50. The molecule has 1 aliphatic carbocycles. The van der Waals surface area contributed by atoms with Gasteiger partial charge in [-0.15, -0.1) is 0 Å². The maximum Gasteiger partial charge on any atom is 0.278 e. The normalized spacial score (nSPS) is 19.3. The van der Waals surface area contributed by atoms with Gasteiger partial charge in [0.25, 0.3) is 17.7 Å². The van der Waals surface area contributed by atoms with Crippen molar-refractivity contribution in [1.29, 1.82) is 0 Å².